The molecule has 5 nitrogen and oxygen atoms in total. The van der Waals surface area contributed by atoms with Crippen molar-refractivity contribution in [3.8, 4) is 0 Å². The van der Waals surface area contributed by atoms with Gasteiger partial charge in [0.2, 0.25) is 5.91 Å². The maximum Gasteiger partial charge on any atom is 0.276 e. The fourth-order valence-corrected chi connectivity index (χ4v) is 2.37. The number of hydroxylamine groups is 1. The van der Waals surface area contributed by atoms with E-state index in [1.807, 2.05) is 6.07 Å². The Balaban J connectivity index is 2.25. The zero-order valence-electron chi connectivity index (χ0n) is 12.2. The highest BCUT2D eigenvalue weighted by Gasteiger charge is 2.21. The molecule has 2 rings (SSSR count). The lowest BCUT2D eigenvalue weighted by molar-refractivity contribution is -0.116. The topological polar surface area (TPSA) is 67.4 Å². The standard InChI is InChI=1S/C16H14Cl2N2O3/c1-23-20-15(21)11-8-5-9-12(17)14(11)19-16(22)13(18)10-6-3-2-4-7-10/h2-9,13H,1H3,(H,19,22)(H,20,21). The smallest absolute Gasteiger partial charge is 0.276 e. The number of rotatable bonds is 5. The molecule has 2 aromatic rings. The van der Waals surface area contributed by atoms with Gasteiger partial charge >= 0.3 is 0 Å². The Morgan fingerprint density at radius 3 is 2.43 bits per heavy atom. The van der Waals surface area contributed by atoms with E-state index in [4.69, 9.17) is 23.2 Å². The van der Waals surface area contributed by atoms with Crippen LogP contribution in [0.3, 0.4) is 0 Å². The molecule has 1 unspecified atom stereocenters. The number of benzene rings is 2. The summed E-state index contributed by atoms with van der Waals surface area (Å²) in [6.45, 7) is 0. The number of hydrogen-bond donors (Lipinski definition) is 2. The number of hydrogen-bond acceptors (Lipinski definition) is 3. The Hall–Kier alpha value is -2.08. The van der Waals surface area contributed by atoms with Crippen molar-refractivity contribution in [3.05, 3.63) is 64.7 Å². The summed E-state index contributed by atoms with van der Waals surface area (Å²) >= 11 is 12.3. The second-order valence-corrected chi connectivity index (χ2v) is 5.40. The molecule has 0 saturated carbocycles. The molecule has 0 radical (unpaired) electrons. The molecule has 23 heavy (non-hydrogen) atoms. The van der Waals surface area contributed by atoms with Crippen LogP contribution in [0.15, 0.2) is 48.5 Å². The van der Waals surface area contributed by atoms with E-state index < -0.39 is 17.2 Å². The number of amides is 2. The number of nitrogens with one attached hydrogen (secondary N) is 2. The highest BCUT2D eigenvalue weighted by molar-refractivity contribution is 6.36. The first-order valence-corrected chi connectivity index (χ1v) is 7.47. The Morgan fingerprint density at radius 2 is 1.78 bits per heavy atom. The van der Waals surface area contributed by atoms with Gasteiger partial charge in [0.15, 0.2) is 0 Å². The number of anilines is 1. The van der Waals surface area contributed by atoms with E-state index in [-0.39, 0.29) is 16.3 Å². The van der Waals surface area contributed by atoms with Gasteiger partial charge in [0.1, 0.15) is 5.38 Å². The quantitative estimate of drug-likeness (QED) is 0.638. The van der Waals surface area contributed by atoms with Gasteiger partial charge in [-0.2, -0.15) is 0 Å². The van der Waals surface area contributed by atoms with Crippen molar-refractivity contribution in [3.63, 3.8) is 0 Å². The van der Waals surface area contributed by atoms with Crippen molar-refractivity contribution in [1.29, 1.82) is 0 Å². The third-order valence-corrected chi connectivity index (χ3v) is 3.79. The van der Waals surface area contributed by atoms with Gasteiger partial charge in [-0.15, -0.1) is 11.6 Å². The van der Waals surface area contributed by atoms with E-state index in [9.17, 15) is 9.59 Å². The number of para-hydroxylation sites is 1. The van der Waals surface area contributed by atoms with Gasteiger partial charge in [-0.3, -0.25) is 14.4 Å². The zero-order chi connectivity index (χ0) is 16.8. The SMILES string of the molecule is CONC(=O)c1cccc(Cl)c1NC(=O)C(Cl)c1ccccc1. The van der Waals surface area contributed by atoms with Crippen LogP contribution < -0.4 is 10.8 Å². The summed E-state index contributed by atoms with van der Waals surface area (Å²) in [5.41, 5.74) is 3.17. The van der Waals surface area contributed by atoms with Crippen molar-refractivity contribution in [2.45, 2.75) is 5.38 Å². The minimum absolute atomic E-state index is 0.171. The van der Waals surface area contributed by atoms with Crippen LogP contribution in [0, 0.1) is 0 Å². The summed E-state index contributed by atoms with van der Waals surface area (Å²) in [7, 11) is 1.31. The van der Waals surface area contributed by atoms with Gasteiger partial charge in [0.05, 0.1) is 23.4 Å². The van der Waals surface area contributed by atoms with Gasteiger partial charge < -0.3 is 5.32 Å². The predicted molar refractivity (Wildman–Crippen MR) is 89.6 cm³/mol. The third-order valence-electron chi connectivity index (χ3n) is 3.02. The van der Waals surface area contributed by atoms with Crippen LogP contribution in [-0.4, -0.2) is 18.9 Å². The van der Waals surface area contributed by atoms with Gasteiger partial charge in [-0.1, -0.05) is 48.0 Å². The molecule has 0 bridgehead atoms. The second kappa shape index (κ2) is 7.97. The summed E-state index contributed by atoms with van der Waals surface area (Å²) in [6.07, 6.45) is 0. The van der Waals surface area contributed by atoms with E-state index in [0.29, 0.717) is 5.56 Å². The molecule has 0 saturated heterocycles. The summed E-state index contributed by atoms with van der Waals surface area (Å²) < 4.78 is 0. The van der Waals surface area contributed by atoms with Crippen LogP contribution in [0.1, 0.15) is 21.3 Å². The van der Waals surface area contributed by atoms with Gasteiger partial charge in [0, 0.05) is 0 Å². The van der Waals surface area contributed by atoms with Crippen LogP contribution in [0.5, 0.6) is 0 Å². The molecule has 2 amide bonds. The lowest BCUT2D eigenvalue weighted by atomic mass is 10.1. The number of halogens is 2. The van der Waals surface area contributed by atoms with Crippen molar-refractivity contribution >= 4 is 40.7 Å². The Bertz CT molecular complexity index is 708. The first-order chi connectivity index (χ1) is 11.0. The highest BCUT2D eigenvalue weighted by atomic mass is 35.5. The largest absolute Gasteiger partial charge is 0.323 e. The van der Waals surface area contributed by atoms with Crippen molar-refractivity contribution in [2.75, 3.05) is 12.4 Å². The summed E-state index contributed by atoms with van der Waals surface area (Å²) in [4.78, 5) is 28.9. The van der Waals surface area contributed by atoms with Crippen molar-refractivity contribution < 1.29 is 14.4 Å². The lowest BCUT2D eigenvalue weighted by Gasteiger charge is -2.15. The van der Waals surface area contributed by atoms with Crippen molar-refractivity contribution in [2.24, 2.45) is 0 Å². The van der Waals surface area contributed by atoms with E-state index in [0.717, 1.165) is 0 Å². The molecule has 0 aliphatic rings. The average molecular weight is 353 g/mol. The molecular weight excluding hydrogens is 339 g/mol. The van der Waals surface area contributed by atoms with Crippen LogP contribution in [-0.2, 0) is 9.63 Å². The first-order valence-electron chi connectivity index (χ1n) is 6.66. The van der Waals surface area contributed by atoms with Crippen LogP contribution >= 0.6 is 23.2 Å². The van der Waals surface area contributed by atoms with Gasteiger partial charge in [0.25, 0.3) is 5.91 Å². The molecule has 0 aliphatic heterocycles. The molecule has 0 aliphatic carbocycles. The molecule has 120 valence electrons. The third kappa shape index (κ3) is 4.22. The minimum atomic E-state index is -0.911. The molecule has 2 aromatic carbocycles. The normalized spacial score (nSPS) is 11.6. The van der Waals surface area contributed by atoms with E-state index in [1.54, 1.807) is 36.4 Å². The van der Waals surface area contributed by atoms with Crippen LogP contribution in [0.25, 0.3) is 0 Å². The maximum atomic E-state index is 12.3. The molecule has 7 heteroatoms. The summed E-state index contributed by atoms with van der Waals surface area (Å²) in [5, 5.41) is 1.91. The first kappa shape index (κ1) is 17.3. The zero-order valence-corrected chi connectivity index (χ0v) is 13.7. The van der Waals surface area contributed by atoms with Gasteiger partial charge in [-0.25, -0.2) is 5.48 Å². The number of carbonyl (C=O) groups excluding carboxylic acids is 2. The number of alkyl halides is 1. The number of carbonyl (C=O) groups is 2. The molecule has 0 aromatic heterocycles. The van der Waals surface area contributed by atoms with E-state index >= 15 is 0 Å². The Labute approximate surface area is 143 Å². The Morgan fingerprint density at radius 1 is 1.09 bits per heavy atom. The fraction of sp³-hybridized carbons (Fsp3) is 0.125. The predicted octanol–water partition coefficient (Wildman–Crippen LogP) is 3.55. The highest BCUT2D eigenvalue weighted by Crippen LogP contribution is 2.29. The molecular formula is C16H14Cl2N2O3. The molecule has 2 N–H and O–H groups in total. The summed E-state index contributed by atoms with van der Waals surface area (Å²) in [6, 6.07) is 13.5. The minimum Gasteiger partial charge on any atom is -0.323 e. The molecule has 0 fully saturated rings. The average Bonchev–Trinajstić information content (AvgIpc) is 2.56. The molecule has 0 spiro atoms. The second-order valence-electron chi connectivity index (χ2n) is 4.56. The van der Waals surface area contributed by atoms with Crippen molar-refractivity contribution in [1.82, 2.24) is 5.48 Å². The fourth-order valence-electron chi connectivity index (χ4n) is 1.95. The van der Waals surface area contributed by atoms with Crippen LogP contribution in [0.4, 0.5) is 5.69 Å². The van der Waals surface area contributed by atoms with E-state index in [1.165, 1.54) is 13.2 Å². The maximum absolute atomic E-state index is 12.3. The summed E-state index contributed by atoms with van der Waals surface area (Å²) in [5.74, 6) is -1.02. The Kier molecular flexibility index (Phi) is 5.98. The monoisotopic (exact) mass is 352 g/mol. The molecule has 1 atom stereocenters. The van der Waals surface area contributed by atoms with Gasteiger partial charge in [-0.05, 0) is 17.7 Å². The van der Waals surface area contributed by atoms with E-state index in [2.05, 4.69) is 15.6 Å². The van der Waals surface area contributed by atoms with Crippen LogP contribution in [0.2, 0.25) is 5.02 Å². The molecule has 0 heterocycles. The lowest BCUT2D eigenvalue weighted by Crippen LogP contribution is -2.25.